The van der Waals surface area contributed by atoms with Crippen LogP contribution in [0.2, 0.25) is 0 Å². The zero-order valence-electron chi connectivity index (χ0n) is 12.9. The average Bonchev–Trinajstić information content (AvgIpc) is 3.02. The highest BCUT2D eigenvalue weighted by atomic mass is 16.5. The second kappa shape index (κ2) is 5.38. The van der Waals surface area contributed by atoms with Crippen molar-refractivity contribution < 1.29 is 14.7 Å². The first kappa shape index (κ1) is 14.3. The van der Waals surface area contributed by atoms with Gasteiger partial charge in [0.15, 0.2) is 5.76 Å². The van der Waals surface area contributed by atoms with Crippen LogP contribution in [0.3, 0.4) is 0 Å². The van der Waals surface area contributed by atoms with Gasteiger partial charge in [-0.25, -0.2) is 4.98 Å². The molecule has 0 aliphatic heterocycles. The zero-order chi connectivity index (χ0) is 16.7. The standard InChI is InChI=1S/C19H14N2O3/c1-11-8-13(22)9-17(23)18(11)19-14(10-20-24-19)16-7-6-12-4-2-3-5-15(12)21-16/h2-10,22-23H,1H3. The molecule has 0 saturated carbocycles. The quantitative estimate of drug-likeness (QED) is 0.577. The van der Waals surface area contributed by atoms with E-state index in [0.29, 0.717) is 28.1 Å². The highest BCUT2D eigenvalue weighted by molar-refractivity contribution is 5.86. The van der Waals surface area contributed by atoms with E-state index in [2.05, 4.69) is 10.1 Å². The number of pyridine rings is 1. The molecule has 0 fully saturated rings. The minimum absolute atomic E-state index is 0.00125. The van der Waals surface area contributed by atoms with Crippen LogP contribution in [-0.2, 0) is 0 Å². The minimum atomic E-state index is -0.0636. The van der Waals surface area contributed by atoms with Gasteiger partial charge in [-0.05, 0) is 30.7 Å². The fourth-order valence-corrected chi connectivity index (χ4v) is 2.86. The SMILES string of the molecule is Cc1cc(O)cc(O)c1-c1oncc1-c1ccc2ccccc2n1. The van der Waals surface area contributed by atoms with Crippen LogP contribution >= 0.6 is 0 Å². The van der Waals surface area contributed by atoms with Crippen molar-refractivity contribution in [2.75, 3.05) is 0 Å². The normalized spacial score (nSPS) is 11.0. The number of para-hydroxylation sites is 1. The molecule has 2 aromatic carbocycles. The van der Waals surface area contributed by atoms with Crippen molar-refractivity contribution in [1.29, 1.82) is 0 Å². The summed E-state index contributed by atoms with van der Waals surface area (Å²) in [6.45, 7) is 1.79. The molecule has 0 radical (unpaired) electrons. The Labute approximate surface area is 137 Å². The van der Waals surface area contributed by atoms with Gasteiger partial charge in [-0.15, -0.1) is 0 Å². The molecule has 0 saturated heterocycles. The minimum Gasteiger partial charge on any atom is -0.508 e. The van der Waals surface area contributed by atoms with Gasteiger partial charge in [0.25, 0.3) is 0 Å². The van der Waals surface area contributed by atoms with Crippen molar-refractivity contribution in [2.45, 2.75) is 6.92 Å². The summed E-state index contributed by atoms with van der Waals surface area (Å²) in [6.07, 6.45) is 1.58. The third-order valence-corrected chi connectivity index (χ3v) is 3.97. The molecule has 2 aromatic heterocycles. The molecule has 0 unspecified atom stereocenters. The summed E-state index contributed by atoms with van der Waals surface area (Å²) in [5.41, 5.74) is 3.44. The molecule has 2 heterocycles. The topological polar surface area (TPSA) is 79.4 Å². The Balaban J connectivity index is 1.91. The van der Waals surface area contributed by atoms with Gasteiger partial charge < -0.3 is 14.7 Å². The van der Waals surface area contributed by atoms with Crippen LogP contribution in [0.4, 0.5) is 0 Å². The van der Waals surface area contributed by atoms with E-state index < -0.39 is 0 Å². The predicted octanol–water partition coefficient (Wildman–Crippen LogP) is 4.28. The van der Waals surface area contributed by atoms with Crippen molar-refractivity contribution in [1.82, 2.24) is 10.1 Å². The first-order valence-corrected chi connectivity index (χ1v) is 7.47. The highest BCUT2D eigenvalue weighted by Crippen LogP contribution is 2.40. The van der Waals surface area contributed by atoms with E-state index in [0.717, 1.165) is 10.9 Å². The second-order valence-corrected chi connectivity index (χ2v) is 5.61. The number of hydrogen-bond donors (Lipinski definition) is 2. The molecular weight excluding hydrogens is 304 g/mol. The Kier molecular flexibility index (Phi) is 3.20. The van der Waals surface area contributed by atoms with E-state index in [1.165, 1.54) is 6.07 Å². The number of aromatic nitrogens is 2. The van der Waals surface area contributed by atoms with E-state index in [4.69, 9.17) is 4.52 Å². The molecule has 5 heteroatoms. The van der Waals surface area contributed by atoms with Crippen molar-refractivity contribution in [3.63, 3.8) is 0 Å². The Hall–Kier alpha value is -3.34. The average molecular weight is 318 g/mol. The highest BCUT2D eigenvalue weighted by Gasteiger charge is 2.20. The molecule has 0 bridgehead atoms. The number of phenolic OH excluding ortho intramolecular Hbond substituents is 2. The number of aromatic hydroxyl groups is 2. The van der Waals surface area contributed by atoms with Crippen LogP contribution in [0.5, 0.6) is 11.5 Å². The van der Waals surface area contributed by atoms with Crippen molar-refractivity contribution >= 4 is 10.9 Å². The molecule has 0 atom stereocenters. The third kappa shape index (κ3) is 2.27. The summed E-state index contributed by atoms with van der Waals surface area (Å²) in [5, 5.41) is 24.7. The molecule has 0 aliphatic carbocycles. The summed E-state index contributed by atoms with van der Waals surface area (Å²) >= 11 is 0. The lowest BCUT2D eigenvalue weighted by atomic mass is 10.00. The van der Waals surface area contributed by atoms with Gasteiger partial charge in [0, 0.05) is 11.5 Å². The van der Waals surface area contributed by atoms with E-state index >= 15 is 0 Å². The van der Waals surface area contributed by atoms with E-state index in [1.807, 2.05) is 36.4 Å². The number of aryl methyl sites for hydroxylation is 1. The zero-order valence-corrected chi connectivity index (χ0v) is 12.9. The maximum atomic E-state index is 10.2. The number of rotatable bonds is 2. The van der Waals surface area contributed by atoms with E-state index in [-0.39, 0.29) is 11.5 Å². The largest absolute Gasteiger partial charge is 0.508 e. The first-order valence-electron chi connectivity index (χ1n) is 7.47. The Morgan fingerprint density at radius 1 is 1.00 bits per heavy atom. The molecule has 0 amide bonds. The van der Waals surface area contributed by atoms with Gasteiger partial charge in [0.1, 0.15) is 11.5 Å². The predicted molar refractivity (Wildman–Crippen MR) is 90.7 cm³/mol. The van der Waals surface area contributed by atoms with Crippen LogP contribution in [0.25, 0.3) is 33.5 Å². The Bertz CT molecular complexity index is 1030. The lowest BCUT2D eigenvalue weighted by molar-refractivity contribution is 0.423. The van der Waals surface area contributed by atoms with Crippen molar-refractivity contribution in [3.05, 3.63) is 60.3 Å². The fourth-order valence-electron chi connectivity index (χ4n) is 2.86. The Morgan fingerprint density at radius 3 is 2.67 bits per heavy atom. The number of hydrogen-bond acceptors (Lipinski definition) is 5. The van der Waals surface area contributed by atoms with Crippen molar-refractivity contribution in [2.24, 2.45) is 0 Å². The van der Waals surface area contributed by atoms with Gasteiger partial charge >= 0.3 is 0 Å². The van der Waals surface area contributed by atoms with Crippen LogP contribution in [0.1, 0.15) is 5.56 Å². The lowest BCUT2D eigenvalue weighted by Crippen LogP contribution is -1.88. The number of nitrogens with zero attached hydrogens (tertiary/aromatic N) is 2. The first-order chi connectivity index (χ1) is 11.6. The molecule has 4 aromatic rings. The summed E-state index contributed by atoms with van der Waals surface area (Å²) in [4.78, 5) is 4.65. The molecule has 118 valence electrons. The van der Waals surface area contributed by atoms with E-state index in [1.54, 1.807) is 19.2 Å². The third-order valence-electron chi connectivity index (χ3n) is 3.97. The molecule has 0 spiro atoms. The smallest absolute Gasteiger partial charge is 0.180 e. The molecule has 5 nitrogen and oxygen atoms in total. The monoisotopic (exact) mass is 318 g/mol. The molecular formula is C19H14N2O3. The van der Waals surface area contributed by atoms with Crippen LogP contribution in [0.15, 0.2) is 59.3 Å². The Morgan fingerprint density at radius 2 is 1.83 bits per heavy atom. The fraction of sp³-hybridized carbons (Fsp3) is 0.0526. The van der Waals surface area contributed by atoms with E-state index in [9.17, 15) is 10.2 Å². The lowest BCUT2D eigenvalue weighted by Gasteiger charge is -2.08. The summed E-state index contributed by atoms with van der Waals surface area (Å²) < 4.78 is 5.39. The second-order valence-electron chi connectivity index (χ2n) is 5.61. The van der Waals surface area contributed by atoms with Gasteiger partial charge in [0.2, 0.25) is 0 Å². The van der Waals surface area contributed by atoms with Gasteiger partial charge in [-0.1, -0.05) is 29.4 Å². The summed E-state index contributed by atoms with van der Waals surface area (Å²) in [6, 6.07) is 14.6. The molecule has 0 aliphatic rings. The maximum absolute atomic E-state index is 10.2. The van der Waals surface area contributed by atoms with Crippen LogP contribution in [-0.4, -0.2) is 20.4 Å². The van der Waals surface area contributed by atoms with Crippen molar-refractivity contribution in [3.8, 4) is 34.1 Å². The summed E-state index contributed by atoms with van der Waals surface area (Å²) in [7, 11) is 0. The molecule has 4 rings (SSSR count). The van der Waals surface area contributed by atoms with Crippen LogP contribution < -0.4 is 0 Å². The maximum Gasteiger partial charge on any atom is 0.180 e. The molecule has 24 heavy (non-hydrogen) atoms. The van der Waals surface area contributed by atoms with Gasteiger partial charge in [-0.3, -0.25) is 0 Å². The van der Waals surface area contributed by atoms with Gasteiger partial charge in [-0.2, -0.15) is 0 Å². The number of fused-ring (bicyclic) bond motifs is 1. The van der Waals surface area contributed by atoms with Crippen LogP contribution in [0, 0.1) is 6.92 Å². The number of phenols is 2. The number of benzene rings is 2. The van der Waals surface area contributed by atoms with Gasteiger partial charge in [0.05, 0.1) is 28.5 Å². The summed E-state index contributed by atoms with van der Waals surface area (Å²) in [5.74, 6) is 0.359. The molecule has 2 N–H and O–H groups in total.